The molecule has 0 bridgehead atoms. The van der Waals surface area contributed by atoms with Crippen molar-refractivity contribution in [1.29, 1.82) is 0 Å². The molecule has 45 heavy (non-hydrogen) atoms. The van der Waals surface area contributed by atoms with Gasteiger partial charge in [-0.3, -0.25) is 0 Å². The van der Waals surface area contributed by atoms with Crippen molar-refractivity contribution >= 4 is 18.5 Å². The summed E-state index contributed by atoms with van der Waals surface area (Å²) < 4.78 is 0. The van der Waals surface area contributed by atoms with Crippen molar-refractivity contribution < 1.29 is 0 Å². The van der Waals surface area contributed by atoms with E-state index in [-0.39, 0.29) is 0 Å². The van der Waals surface area contributed by atoms with Crippen molar-refractivity contribution in [2.75, 3.05) is 0 Å². The summed E-state index contributed by atoms with van der Waals surface area (Å²) in [5.41, 5.74) is 15.3. The molecule has 0 aromatic heterocycles. The number of rotatable bonds is 14. The third-order valence-electron chi connectivity index (χ3n) is 10.4. The molecule has 1 heteroatoms. The fourth-order valence-electron chi connectivity index (χ4n) is 8.38. The predicted molar refractivity (Wildman–Crippen MR) is 200 cm³/mol. The Balaban J connectivity index is 1.55. The van der Waals surface area contributed by atoms with Crippen LogP contribution in [0.4, 0.5) is 0 Å². The minimum atomic E-state index is -2.17. The van der Waals surface area contributed by atoms with Crippen LogP contribution < -0.4 is 0 Å². The average molecular weight is 609 g/mol. The van der Waals surface area contributed by atoms with Crippen molar-refractivity contribution in [2.45, 2.75) is 104 Å². The maximum atomic E-state index is 2.71. The summed E-state index contributed by atoms with van der Waals surface area (Å²) in [5, 5.41) is 3.51. The smallest absolute Gasteiger partial charge is 0.0655 e. The molecule has 232 valence electrons. The Morgan fingerprint density at radius 2 is 0.889 bits per heavy atom. The van der Waals surface area contributed by atoms with Crippen LogP contribution in [0, 0.1) is 0 Å². The van der Waals surface area contributed by atoms with Crippen molar-refractivity contribution in [1.82, 2.24) is 0 Å². The van der Waals surface area contributed by atoms with Crippen molar-refractivity contribution in [3.05, 3.63) is 130 Å². The Kier molecular flexibility index (Phi) is 10.1. The lowest BCUT2D eigenvalue weighted by molar-refractivity contribution is 0.661. The van der Waals surface area contributed by atoms with E-state index >= 15 is 0 Å². The summed E-state index contributed by atoms with van der Waals surface area (Å²) in [7, 11) is -2.17. The Labute approximate surface area is 274 Å². The standard InChI is InChI=1S/C44H52Si/c1-5-7-9-13-25-37-31-35-27-19-29-39(33-21-15-11-16-22-33)41(35)43(37)45(3,4)44-38(26-14-10-8-6-2)32-36-28-20-30-40(42(36)44)34-23-17-12-18-24-34/h11-12,15-24,27-30H,5-10,13-14,25-26,31-32H2,1-4H3. The van der Waals surface area contributed by atoms with E-state index in [0.29, 0.717) is 0 Å². The van der Waals surface area contributed by atoms with Gasteiger partial charge in [-0.15, -0.1) is 0 Å². The summed E-state index contributed by atoms with van der Waals surface area (Å²) in [4.78, 5) is 0. The van der Waals surface area contributed by atoms with E-state index < -0.39 is 8.07 Å². The third-order valence-corrected chi connectivity index (χ3v) is 14.1. The van der Waals surface area contributed by atoms with E-state index in [0.717, 1.165) is 12.8 Å². The molecule has 0 fully saturated rings. The van der Waals surface area contributed by atoms with Gasteiger partial charge in [0.1, 0.15) is 8.07 Å². The monoisotopic (exact) mass is 608 g/mol. The summed E-state index contributed by atoms with van der Waals surface area (Å²) >= 11 is 0. The van der Waals surface area contributed by atoms with Crippen molar-refractivity contribution in [2.24, 2.45) is 0 Å². The van der Waals surface area contributed by atoms with E-state index in [1.54, 1.807) is 43.8 Å². The van der Waals surface area contributed by atoms with Gasteiger partial charge in [0.25, 0.3) is 0 Å². The molecule has 0 aliphatic heterocycles. The first kappa shape index (κ1) is 31.6. The molecule has 4 aromatic rings. The van der Waals surface area contributed by atoms with Crippen LogP contribution in [-0.2, 0) is 12.8 Å². The zero-order valence-corrected chi connectivity index (χ0v) is 29.2. The molecule has 0 N–H and O–H groups in total. The van der Waals surface area contributed by atoms with Crippen molar-refractivity contribution in [3.63, 3.8) is 0 Å². The second-order valence-corrected chi connectivity index (χ2v) is 18.2. The molecule has 2 aliphatic rings. The summed E-state index contributed by atoms with van der Waals surface area (Å²) in [6.07, 6.45) is 15.3. The van der Waals surface area contributed by atoms with Crippen LogP contribution in [0.1, 0.15) is 100 Å². The number of allylic oxidation sites excluding steroid dienone is 2. The fraction of sp³-hybridized carbons (Fsp3) is 0.364. The Bertz CT molecular complexity index is 1540. The maximum Gasteiger partial charge on any atom is 0.113 e. The summed E-state index contributed by atoms with van der Waals surface area (Å²) in [5.74, 6) is 0. The van der Waals surface area contributed by atoms with Gasteiger partial charge in [-0.05, 0) is 93.4 Å². The number of unbranched alkanes of at least 4 members (excludes halogenated alkanes) is 6. The molecule has 0 amide bonds. The molecular formula is C44H52Si. The summed E-state index contributed by atoms with van der Waals surface area (Å²) in [6, 6.07) is 36.7. The Hall–Kier alpha value is -3.42. The minimum absolute atomic E-state index is 1.13. The van der Waals surface area contributed by atoms with Gasteiger partial charge in [-0.2, -0.15) is 0 Å². The van der Waals surface area contributed by atoms with Gasteiger partial charge in [0, 0.05) is 0 Å². The van der Waals surface area contributed by atoms with E-state index in [9.17, 15) is 0 Å². The van der Waals surface area contributed by atoms with Gasteiger partial charge in [-0.1, -0.05) is 174 Å². The molecule has 4 aromatic carbocycles. The molecule has 0 atom stereocenters. The number of hydrogen-bond donors (Lipinski definition) is 0. The topological polar surface area (TPSA) is 0 Å². The average Bonchev–Trinajstić information content (AvgIpc) is 3.65. The van der Waals surface area contributed by atoms with Crippen LogP contribution in [0.5, 0.6) is 0 Å². The van der Waals surface area contributed by atoms with Gasteiger partial charge in [0.15, 0.2) is 0 Å². The zero-order valence-electron chi connectivity index (χ0n) is 28.2. The normalized spacial score (nSPS) is 14.3. The lowest BCUT2D eigenvalue weighted by atomic mass is 9.97. The van der Waals surface area contributed by atoms with E-state index in [2.05, 4.69) is 124 Å². The Morgan fingerprint density at radius 3 is 1.29 bits per heavy atom. The van der Waals surface area contributed by atoms with Crippen LogP contribution in [0.25, 0.3) is 32.6 Å². The van der Waals surface area contributed by atoms with Gasteiger partial charge in [-0.25, -0.2) is 0 Å². The minimum Gasteiger partial charge on any atom is -0.0655 e. The zero-order chi connectivity index (χ0) is 31.2. The lowest BCUT2D eigenvalue weighted by Crippen LogP contribution is -2.32. The molecule has 0 unspecified atom stereocenters. The van der Waals surface area contributed by atoms with E-state index in [4.69, 9.17) is 0 Å². The molecule has 0 saturated heterocycles. The van der Waals surface area contributed by atoms with E-state index in [1.807, 2.05) is 0 Å². The van der Waals surface area contributed by atoms with Crippen LogP contribution in [0.2, 0.25) is 13.1 Å². The highest BCUT2D eigenvalue weighted by Crippen LogP contribution is 2.53. The molecule has 0 heterocycles. The number of hydrogen-bond acceptors (Lipinski definition) is 0. The molecule has 2 aliphatic carbocycles. The summed E-state index contributed by atoms with van der Waals surface area (Å²) in [6.45, 7) is 10.1. The van der Waals surface area contributed by atoms with E-state index in [1.165, 1.54) is 86.5 Å². The molecule has 0 spiro atoms. The first-order valence-electron chi connectivity index (χ1n) is 17.8. The van der Waals surface area contributed by atoms with Gasteiger partial charge < -0.3 is 0 Å². The highest BCUT2D eigenvalue weighted by Gasteiger charge is 2.43. The predicted octanol–water partition coefficient (Wildman–Crippen LogP) is 13.1. The first-order valence-corrected chi connectivity index (χ1v) is 20.8. The molecule has 0 nitrogen and oxygen atoms in total. The van der Waals surface area contributed by atoms with Gasteiger partial charge in [0.2, 0.25) is 0 Å². The highest BCUT2D eigenvalue weighted by molar-refractivity contribution is 7.09. The third kappa shape index (κ3) is 6.47. The van der Waals surface area contributed by atoms with Crippen LogP contribution in [0.15, 0.2) is 108 Å². The largest absolute Gasteiger partial charge is 0.113 e. The second-order valence-electron chi connectivity index (χ2n) is 14.0. The lowest BCUT2D eigenvalue weighted by Gasteiger charge is -2.33. The Morgan fingerprint density at radius 1 is 0.467 bits per heavy atom. The first-order chi connectivity index (χ1) is 22.0. The maximum absolute atomic E-state index is 2.71. The van der Waals surface area contributed by atoms with Crippen molar-refractivity contribution in [3.8, 4) is 22.3 Å². The highest BCUT2D eigenvalue weighted by atomic mass is 28.3. The number of benzene rings is 4. The van der Waals surface area contributed by atoms with Gasteiger partial charge >= 0.3 is 0 Å². The second kappa shape index (κ2) is 14.3. The molecule has 6 rings (SSSR count). The quantitative estimate of drug-likeness (QED) is 0.0986. The van der Waals surface area contributed by atoms with Crippen LogP contribution in [0.3, 0.4) is 0 Å². The van der Waals surface area contributed by atoms with Crippen LogP contribution >= 0.6 is 0 Å². The van der Waals surface area contributed by atoms with Gasteiger partial charge in [0.05, 0.1) is 0 Å². The SMILES string of the molecule is CCCCCCC1=C([Si](C)(C)C2=C(CCCCCC)Cc3cccc(-c4ccccc4)c32)c2c(cccc2-c2ccccc2)C1. The van der Waals surface area contributed by atoms with Crippen LogP contribution in [-0.4, -0.2) is 8.07 Å². The molecule has 0 radical (unpaired) electrons. The molecular weight excluding hydrogens is 557 g/mol. The molecule has 0 saturated carbocycles. The fourth-order valence-corrected chi connectivity index (χ4v) is 12.7. The number of fused-ring (bicyclic) bond motifs is 2.